The molecule has 4 aromatic rings. The first-order valence-corrected chi connectivity index (χ1v) is 9.24. The third-order valence-electron chi connectivity index (χ3n) is 4.41. The van der Waals surface area contributed by atoms with Crippen LogP contribution in [0.2, 0.25) is 0 Å². The maximum absolute atomic E-state index is 13.0. The van der Waals surface area contributed by atoms with Gasteiger partial charge in [-0.05, 0) is 18.9 Å². The first-order chi connectivity index (χ1) is 12.8. The maximum atomic E-state index is 13.0. The van der Waals surface area contributed by atoms with Crippen LogP contribution in [0.5, 0.6) is 0 Å². The van der Waals surface area contributed by atoms with Crippen molar-refractivity contribution in [2.45, 2.75) is 18.8 Å². The molecule has 6 nitrogen and oxygen atoms in total. The highest BCUT2D eigenvalue weighted by Gasteiger charge is 2.29. The van der Waals surface area contributed by atoms with Crippen molar-refractivity contribution in [3.8, 4) is 11.3 Å². The van der Waals surface area contributed by atoms with E-state index in [9.17, 15) is 4.79 Å². The maximum Gasteiger partial charge on any atom is 0.259 e. The molecule has 7 heteroatoms. The predicted molar refractivity (Wildman–Crippen MR) is 99.3 cm³/mol. The van der Waals surface area contributed by atoms with Crippen molar-refractivity contribution in [1.82, 2.24) is 15.1 Å². The number of carbonyl (C=O) groups is 1. The molecule has 0 bridgehead atoms. The lowest BCUT2D eigenvalue weighted by Gasteiger charge is -2.06. The van der Waals surface area contributed by atoms with E-state index in [2.05, 4.69) is 20.4 Å². The largest absolute Gasteiger partial charge is 0.335 e. The van der Waals surface area contributed by atoms with Gasteiger partial charge in [0, 0.05) is 28.8 Å². The summed E-state index contributed by atoms with van der Waals surface area (Å²) in [6, 6.07) is 11.5. The number of fused-ring (bicyclic) bond motifs is 1. The molecule has 0 spiro atoms. The molecule has 0 atom stereocenters. The monoisotopic (exact) mass is 362 g/mol. The van der Waals surface area contributed by atoms with Crippen LogP contribution in [0.3, 0.4) is 0 Å². The Morgan fingerprint density at radius 2 is 2.08 bits per heavy atom. The van der Waals surface area contributed by atoms with E-state index in [0.717, 1.165) is 24.1 Å². The number of aromatic nitrogens is 3. The molecular formula is C19H14N4O2S. The fraction of sp³-hybridized carbons (Fsp3) is 0.158. The molecule has 0 radical (unpaired) electrons. The number of benzene rings is 1. The minimum Gasteiger partial charge on any atom is -0.335 e. The first kappa shape index (κ1) is 15.2. The van der Waals surface area contributed by atoms with Crippen molar-refractivity contribution in [2.24, 2.45) is 0 Å². The summed E-state index contributed by atoms with van der Waals surface area (Å²) in [7, 11) is 0. The zero-order chi connectivity index (χ0) is 17.5. The SMILES string of the molecule is O=C(Nc1nccs1)c1cc(C2CC2)nc2onc(-c3ccccc3)c12. The summed E-state index contributed by atoms with van der Waals surface area (Å²) in [4.78, 5) is 21.7. The number of pyridine rings is 1. The lowest BCUT2D eigenvalue weighted by Crippen LogP contribution is -2.13. The quantitative estimate of drug-likeness (QED) is 0.579. The third-order valence-corrected chi connectivity index (χ3v) is 5.10. The summed E-state index contributed by atoms with van der Waals surface area (Å²) in [5.41, 5.74) is 3.32. The fourth-order valence-electron chi connectivity index (χ4n) is 2.98. The molecule has 0 aliphatic heterocycles. The van der Waals surface area contributed by atoms with Crippen LogP contribution in [0.1, 0.15) is 34.8 Å². The summed E-state index contributed by atoms with van der Waals surface area (Å²) >= 11 is 1.38. The molecule has 1 aromatic carbocycles. The molecule has 1 aliphatic carbocycles. The van der Waals surface area contributed by atoms with E-state index < -0.39 is 0 Å². The first-order valence-electron chi connectivity index (χ1n) is 8.36. The molecule has 0 saturated heterocycles. The van der Waals surface area contributed by atoms with E-state index in [0.29, 0.717) is 33.4 Å². The number of hydrogen-bond acceptors (Lipinski definition) is 6. The molecule has 3 heterocycles. The Kier molecular flexibility index (Phi) is 3.53. The molecule has 1 N–H and O–H groups in total. The molecule has 1 aliphatic rings. The highest BCUT2D eigenvalue weighted by molar-refractivity contribution is 7.13. The van der Waals surface area contributed by atoms with E-state index >= 15 is 0 Å². The number of rotatable bonds is 4. The molecule has 1 saturated carbocycles. The summed E-state index contributed by atoms with van der Waals surface area (Å²) < 4.78 is 5.49. The van der Waals surface area contributed by atoms with Crippen LogP contribution in [-0.2, 0) is 0 Å². The van der Waals surface area contributed by atoms with Gasteiger partial charge in [0.1, 0.15) is 5.69 Å². The van der Waals surface area contributed by atoms with Gasteiger partial charge in [-0.2, -0.15) is 0 Å². The minimum absolute atomic E-state index is 0.227. The van der Waals surface area contributed by atoms with Gasteiger partial charge < -0.3 is 4.52 Å². The minimum atomic E-state index is -0.227. The van der Waals surface area contributed by atoms with Crippen molar-refractivity contribution in [3.05, 3.63) is 59.2 Å². The summed E-state index contributed by atoms with van der Waals surface area (Å²) in [5.74, 6) is 0.172. The standard InChI is InChI=1S/C19H14N4O2S/c24-17(22-19-20-8-9-26-19)13-10-14(11-6-7-11)21-18-15(13)16(23-25-18)12-4-2-1-3-5-12/h1-5,8-11H,6-7H2,(H,20,22,24). The zero-order valence-corrected chi connectivity index (χ0v) is 14.5. The van der Waals surface area contributed by atoms with E-state index in [1.54, 1.807) is 6.20 Å². The second-order valence-electron chi connectivity index (χ2n) is 6.24. The summed E-state index contributed by atoms with van der Waals surface area (Å²) in [5, 5.41) is 10.1. The van der Waals surface area contributed by atoms with Crippen LogP contribution in [-0.4, -0.2) is 21.0 Å². The number of thiazole rings is 1. The van der Waals surface area contributed by atoms with E-state index in [4.69, 9.17) is 4.52 Å². The Labute approximate surface area is 152 Å². The predicted octanol–water partition coefficient (Wildman–Crippen LogP) is 4.48. The number of carbonyl (C=O) groups excluding carboxylic acids is 1. The number of anilines is 1. The molecule has 3 aromatic heterocycles. The van der Waals surface area contributed by atoms with Crippen molar-refractivity contribution in [3.63, 3.8) is 0 Å². The summed E-state index contributed by atoms with van der Waals surface area (Å²) in [6.07, 6.45) is 3.84. The Balaban J connectivity index is 1.68. The fourth-order valence-corrected chi connectivity index (χ4v) is 3.50. The van der Waals surface area contributed by atoms with E-state index in [1.165, 1.54) is 11.3 Å². The lowest BCUT2D eigenvalue weighted by atomic mass is 10.0. The number of nitrogens with one attached hydrogen (secondary N) is 1. The van der Waals surface area contributed by atoms with Gasteiger partial charge in [0.05, 0.1) is 10.9 Å². The molecule has 26 heavy (non-hydrogen) atoms. The second-order valence-corrected chi connectivity index (χ2v) is 7.13. The highest BCUT2D eigenvalue weighted by Crippen LogP contribution is 2.41. The van der Waals surface area contributed by atoms with Gasteiger partial charge in [0.25, 0.3) is 11.6 Å². The summed E-state index contributed by atoms with van der Waals surface area (Å²) in [6.45, 7) is 0. The Hall–Kier alpha value is -3.06. The van der Waals surface area contributed by atoms with Crippen LogP contribution in [0, 0.1) is 0 Å². The van der Waals surface area contributed by atoms with Crippen LogP contribution < -0.4 is 5.32 Å². The van der Waals surface area contributed by atoms with Crippen molar-refractivity contribution in [1.29, 1.82) is 0 Å². The molecule has 1 fully saturated rings. The van der Waals surface area contributed by atoms with E-state index in [-0.39, 0.29) is 5.91 Å². The number of hydrogen-bond donors (Lipinski definition) is 1. The van der Waals surface area contributed by atoms with Gasteiger partial charge in [-0.3, -0.25) is 10.1 Å². The van der Waals surface area contributed by atoms with Crippen molar-refractivity contribution < 1.29 is 9.32 Å². The zero-order valence-electron chi connectivity index (χ0n) is 13.7. The van der Waals surface area contributed by atoms with Crippen LogP contribution in [0.4, 0.5) is 5.13 Å². The Bertz CT molecular complexity index is 1090. The smallest absolute Gasteiger partial charge is 0.259 e. The second kappa shape index (κ2) is 6.03. The molecule has 5 rings (SSSR count). The van der Waals surface area contributed by atoms with Crippen LogP contribution in [0.15, 0.2) is 52.5 Å². The molecule has 0 unspecified atom stereocenters. The van der Waals surface area contributed by atoms with Crippen molar-refractivity contribution in [2.75, 3.05) is 5.32 Å². The van der Waals surface area contributed by atoms with Gasteiger partial charge in [-0.1, -0.05) is 35.5 Å². The third kappa shape index (κ3) is 2.66. The van der Waals surface area contributed by atoms with Gasteiger partial charge in [-0.25, -0.2) is 9.97 Å². The number of nitrogens with zero attached hydrogens (tertiary/aromatic N) is 3. The normalized spacial score (nSPS) is 13.8. The van der Waals surface area contributed by atoms with Crippen LogP contribution >= 0.6 is 11.3 Å². The van der Waals surface area contributed by atoms with Crippen LogP contribution in [0.25, 0.3) is 22.4 Å². The van der Waals surface area contributed by atoms with E-state index in [1.807, 2.05) is 41.8 Å². The van der Waals surface area contributed by atoms with Gasteiger partial charge in [0.15, 0.2) is 5.13 Å². The van der Waals surface area contributed by atoms with Gasteiger partial charge in [0.2, 0.25) is 0 Å². The van der Waals surface area contributed by atoms with Crippen molar-refractivity contribution >= 4 is 33.5 Å². The van der Waals surface area contributed by atoms with Gasteiger partial charge >= 0.3 is 0 Å². The average molecular weight is 362 g/mol. The number of amides is 1. The molecular weight excluding hydrogens is 348 g/mol. The van der Waals surface area contributed by atoms with Gasteiger partial charge in [-0.15, -0.1) is 11.3 Å². The topological polar surface area (TPSA) is 80.9 Å². The molecule has 128 valence electrons. The Morgan fingerprint density at radius 1 is 1.23 bits per heavy atom. The Morgan fingerprint density at radius 3 is 2.81 bits per heavy atom. The highest BCUT2D eigenvalue weighted by atomic mass is 32.1. The molecule has 1 amide bonds. The lowest BCUT2D eigenvalue weighted by molar-refractivity contribution is 0.102. The average Bonchev–Trinajstić information content (AvgIpc) is 3.23.